The molecule has 0 aliphatic heterocycles. The SMILES string of the molecule is CNc1nc(OC(C)C)nc(SC(C)(C)C)n1. The van der Waals surface area contributed by atoms with Crippen molar-refractivity contribution in [1.82, 2.24) is 15.0 Å². The van der Waals surface area contributed by atoms with Gasteiger partial charge in [-0.15, -0.1) is 0 Å². The molecule has 0 atom stereocenters. The van der Waals surface area contributed by atoms with Gasteiger partial charge in [0.25, 0.3) is 0 Å². The standard InChI is InChI=1S/C11H20N4OS/c1-7(2)16-9-13-8(12-6)14-10(15-9)17-11(3,4)5/h7H,1-6H3,(H,12,13,14,15). The van der Waals surface area contributed by atoms with Gasteiger partial charge in [-0.25, -0.2) is 0 Å². The summed E-state index contributed by atoms with van der Waals surface area (Å²) in [6.45, 7) is 10.2. The molecule has 0 saturated carbocycles. The van der Waals surface area contributed by atoms with E-state index in [1.54, 1.807) is 18.8 Å². The molecule has 1 N–H and O–H groups in total. The van der Waals surface area contributed by atoms with Gasteiger partial charge in [-0.3, -0.25) is 0 Å². The molecule has 0 aromatic carbocycles. The van der Waals surface area contributed by atoms with Gasteiger partial charge in [0.15, 0.2) is 5.16 Å². The summed E-state index contributed by atoms with van der Waals surface area (Å²) in [6, 6.07) is 0.367. The van der Waals surface area contributed by atoms with Crippen molar-refractivity contribution < 1.29 is 4.74 Å². The Morgan fingerprint density at radius 3 is 2.29 bits per heavy atom. The molecule has 17 heavy (non-hydrogen) atoms. The van der Waals surface area contributed by atoms with E-state index >= 15 is 0 Å². The fourth-order valence-corrected chi connectivity index (χ4v) is 1.84. The van der Waals surface area contributed by atoms with Crippen LogP contribution < -0.4 is 10.1 Å². The highest BCUT2D eigenvalue weighted by Gasteiger charge is 2.17. The number of hydrogen-bond donors (Lipinski definition) is 1. The minimum Gasteiger partial charge on any atom is -0.461 e. The number of nitrogens with one attached hydrogen (secondary N) is 1. The fraction of sp³-hybridized carbons (Fsp3) is 0.727. The first-order valence-corrected chi connectivity index (χ1v) is 6.41. The van der Waals surface area contributed by atoms with Crippen molar-refractivity contribution in [3.8, 4) is 6.01 Å². The second-order valence-electron chi connectivity index (χ2n) is 4.86. The van der Waals surface area contributed by atoms with Crippen molar-refractivity contribution in [2.24, 2.45) is 0 Å². The third kappa shape index (κ3) is 5.21. The molecule has 1 rings (SSSR count). The summed E-state index contributed by atoms with van der Waals surface area (Å²) < 4.78 is 5.55. The maximum Gasteiger partial charge on any atom is 0.322 e. The smallest absolute Gasteiger partial charge is 0.322 e. The minimum atomic E-state index is 0.0505. The van der Waals surface area contributed by atoms with Crippen molar-refractivity contribution >= 4 is 17.7 Å². The third-order valence-electron chi connectivity index (χ3n) is 1.56. The van der Waals surface area contributed by atoms with Crippen LogP contribution in [0.2, 0.25) is 0 Å². The number of ether oxygens (including phenoxy) is 1. The zero-order valence-corrected chi connectivity index (χ0v) is 12.1. The Bertz CT molecular complexity index is 376. The second kappa shape index (κ2) is 5.53. The molecule has 0 fully saturated rings. The van der Waals surface area contributed by atoms with E-state index in [2.05, 4.69) is 41.0 Å². The summed E-state index contributed by atoms with van der Waals surface area (Å²) in [6.07, 6.45) is 0.0505. The number of rotatable bonds is 4. The van der Waals surface area contributed by atoms with Gasteiger partial charge in [0, 0.05) is 11.8 Å². The van der Waals surface area contributed by atoms with E-state index < -0.39 is 0 Å². The molecule has 5 nitrogen and oxygen atoms in total. The lowest BCUT2D eigenvalue weighted by Crippen LogP contribution is -2.13. The number of aromatic nitrogens is 3. The van der Waals surface area contributed by atoms with Gasteiger partial charge < -0.3 is 10.1 Å². The van der Waals surface area contributed by atoms with E-state index in [1.807, 2.05) is 13.8 Å². The molecule has 6 heteroatoms. The Hall–Kier alpha value is -1.04. The average Bonchev–Trinajstić information content (AvgIpc) is 2.13. The van der Waals surface area contributed by atoms with Crippen LogP contribution in [0.15, 0.2) is 5.16 Å². The molecule has 1 aromatic rings. The van der Waals surface area contributed by atoms with Crippen LogP contribution in [-0.2, 0) is 0 Å². The van der Waals surface area contributed by atoms with E-state index in [0.29, 0.717) is 17.1 Å². The predicted molar refractivity (Wildman–Crippen MR) is 70.7 cm³/mol. The van der Waals surface area contributed by atoms with E-state index in [0.717, 1.165) is 0 Å². The van der Waals surface area contributed by atoms with Gasteiger partial charge in [-0.05, 0) is 13.8 Å². The summed E-state index contributed by atoms with van der Waals surface area (Å²) in [5.74, 6) is 0.530. The monoisotopic (exact) mass is 256 g/mol. The normalized spacial score (nSPS) is 11.7. The second-order valence-corrected chi connectivity index (χ2v) is 6.65. The van der Waals surface area contributed by atoms with Crippen LogP contribution in [-0.4, -0.2) is 32.9 Å². The summed E-state index contributed by atoms with van der Waals surface area (Å²) in [4.78, 5) is 12.7. The first-order chi connectivity index (χ1) is 7.80. The molecule has 0 spiro atoms. The van der Waals surface area contributed by atoms with E-state index in [1.165, 1.54) is 0 Å². The van der Waals surface area contributed by atoms with Crippen LogP contribution in [0.1, 0.15) is 34.6 Å². The van der Waals surface area contributed by atoms with Gasteiger partial charge >= 0.3 is 6.01 Å². The number of thioether (sulfide) groups is 1. The molecule has 1 heterocycles. The molecule has 96 valence electrons. The Morgan fingerprint density at radius 1 is 1.18 bits per heavy atom. The van der Waals surface area contributed by atoms with Crippen LogP contribution in [0.5, 0.6) is 6.01 Å². The maximum atomic E-state index is 5.50. The van der Waals surface area contributed by atoms with E-state index in [-0.39, 0.29) is 10.9 Å². The van der Waals surface area contributed by atoms with Crippen molar-refractivity contribution in [2.75, 3.05) is 12.4 Å². The molecule has 0 saturated heterocycles. The lowest BCUT2D eigenvalue weighted by Gasteiger charge is -2.17. The molecule has 0 unspecified atom stereocenters. The largest absolute Gasteiger partial charge is 0.461 e. The topological polar surface area (TPSA) is 59.9 Å². The Labute approximate surface area is 107 Å². The first-order valence-electron chi connectivity index (χ1n) is 5.59. The molecule has 1 aromatic heterocycles. The van der Waals surface area contributed by atoms with Gasteiger partial charge in [-0.1, -0.05) is 32.5 Å². The van der Waals surface area contributed by atoms with Crippen molar-refractivity contribution in [3.63, 3.8) is 0 Å². The summed E-state index contributed by atoms with van der Waals surface area (Å²) in [5.41, 5.74) is 0. The Morgan fingerprint density at radius 2 is 1.82 bits per heavy atom. The fourth-order valence-electron chi connectivity index (χ4n) is 1.03. The highest BCUT2D eigenvalue weighted by Crippen LogP contribution is 2.30. The average molecular weight is 256 g/mol. The van der Waals surface area contributed by atoms with Crippen molar-refractivity contribution in [1.29, 1.82) is 0 Å². The van der Waals surface area contributed by atoms with Crippen LogP contribution >= 0.6 is 11.8 Å². The molecular formula is C11H20N4OS. The van der Waals surface area contributed by atoms with Gasteiger partial charge in [0.2, 0.25) is 5.95 Å². The summed E-state index contributed by atoms with van der Waals surface area (Å²) in [7, 11) is 1.78. The first kappa shape index (κ1) is 14.0. The highest BCUT2D eigenvalue weighted by atomic mass is 32.2. The van der Waals surface area contributed by atoms with Gasteiger partial charge in [0.1, 0.15) is 0 Å². The molecule has 0 radical (unpaired) electrons. The van der Waals surface area contributed by atoms with Crippen molar-refractivity contribution in [3.05, 3.63) is 0 Å². The van der Waals surface area contributed by atoms with Crippen LogP contribution in [0.25, 0.3) is 0 Å². The molecular weight excluding hydrogens is 236 g/mol. The lowest BCUT2D eigenvalue weighted by molar-refractivity contribution is 0.219. The maximum absolute atomic E-state index is 5.50. The minimum absolute atomic E-state index is 0.0505. The van der Waals surface area contributed by atoms with Gasteiger partial charge in [0.05, 0.1) is 6.10 Å². The van der Waals surface area contributed by atoms with E-state index in [4.69, 9.17) is 4.74 Å². The number of anilines is 1. The number of nitrogens with zero attached hydrogens (tertiary/aromatic N) is 3. The zero-order chi connectivity index (χ0) is 13.1. The molecule has 0 aliphatic carbocycles. The summed E-state index contributed by atoms with van der Waals surface area (Å²) in [5, 5.41) is 3.58. The zero-order valence-electron chi connectivity index (χ0n) is 11.2. The van der Waals surface area contributed by atoms with E-state index in [9.17, 15) is 0 Å². The predicted octanol–water partition coefficient (Wildman–Crippen LogP) is 2.59. The number of hydrogen-bond acceptors (Lipinski definition) is 6. The highest BCUT2D eigenvalue weighted by molar-refractivity contribution is 8.00. The third-order valence-corrected chi connectivity index (χ3v) is 2.53. The van der Waals surface area contributed by atoms with Crippen LogP contribution in [0, 0.1) is 0 Å². The van der Waals surface area contributed by atoms with Gasteiger partial charge in [-0.2, -0.15) is 15.0 Å². The lowest BCUT2D eigenvalue weighted by atomic mass is 10.3. The van der Waals surface area contributed by atoms with Crippen LogP contribution in [0.4, 0.5) is 5.95 Å². The molecule has 0 bridgehead atoms. The Kier molecular flexibility index (Phi) is 4.56. The molecule has 0 amide bonds. The van der Waals surface area contributed by atoms with Crippen LogP contribution in [0.3, 0.4) is 0 Å². The Balaban J connectivity index is 2.97. The van der Waals surface area contributed by atoms with Crippen molar-refractivity contribution in [2.45, 2.75) is 50.6 Å². The summed E-state index contributed by atoms with van der Waals surface area (Å²) >= 11 is 1.59. The molecule has 0 aliphatic rings. The quantitative estimate of drug-likeness (QED) is 0.836.